The lowest BCUT2D eigenvalue weighted by Gasteiger charge is -2.31. The first-order valence-corrected chi connectivity index (χ1v) is 9.57. The fourth-order valence-electron chi connectivity index (χ4n) is 3.07. The number of hydrogen-bond donors (Lipinski definition) is 0. The van der Waals surface area contributed by atoms with Gasteiger partial charge in [-0.3, -0.25) is 0 Å². The van der Waals surface area contributed by atoms with Crippen molar-refractivity contribution in [2.45, 2.75) is 37.6 Å². The highest BCUT2D eigenvalue weighted by Crippen LogP contribution is 2.25. The predicted molar refractivity (Wildman–Crippen MR) is 87.3 cm³/mol. The SMILES string of the molecule is CCn1cnnc1CC1CCN(S(=O)(=O)c2ccc(F)cc2)CC1. The molecule has 1 aromatic carbocycles. The topological polar surface area (TPSA) is 68.1 Å². The highest BCUT2D eigenvalue weighted by Gasteiger charge is 2.30. The van der Waals surface area contributed by atoms with E-state index in [2.05, 4.69) is 10.2 Å². The molecule has 0 N–H and O–H groups in total. The molecule has 2 heterocycles. The molecule has 24 heavy (non-hydrogen) atoms. The second kappa shape index (κ2) is 6.98. The lowest BCUT2D eigenvalue weighted by molar-refractivity contribution is 0.269. The Kier molecular flexibility index (Phi) is 4.96. The molecule has 0 bridgehead atoms. The third kappa shape index (κ3) is 3.49. The van der Waals surface area contributed by atoms with Crippen molar-refractivity contribution < 1.29 is 12.8 Å². The van der Waals surface area contributed by atoms with Gasteiger partial charge >= 0.3 is 0 Å². The largest absolute Gasteiger partial charge is 0.318 e. The van der Waals surface area contributed by atoms with E-state index in [0.29, 0.717) is 19.0 Å². The number of rotatable bonds is 5. The van der Waals surface area contributed by atoms with E-state index in [0.717, 1.165) is 31.6 Å². The number of sulfonamides is 1. The normalized spacial score (nSPS) is 17.2. The van der Waals surface area contributed by atoms with Crippen LogP contribution in [0.1, 0.15) is 25.6 Å². The van der Waals surface area contributed by atoms with Gasteiger partial charge in [0.2, 0.25) is 10.0 Å². The highest BCUT2D eigenvalue weighted by molar-refractivity contribution is 7.89. The van der Waals surface area contributed by atoms with Gasteiger partial charge in [0.05, 0.1) is 4.90 Å². The van der Waals surface area contributed by atoms with Gasteiger partial charge in [0.1, 0.15) is 18.0 Å². The van der Waals surface area contributed by atoms with Gasteiger partial charge < -0.3 is 4.57 Å². The predicted octanol–water partition coefficient (Wildman–Crippen LogP) is 2.08. The van der Waals surface area contributed by atoms with Crippen LogP contribution in [-0.2, 0) is 23.0 Å². The molecule has 1 saturated heterocycles. The number of benzene rings is 1. The molecule has 2 aromatic rings. The van der Waals surface area contributed by atoms with Crippen molar-refractivity contribution in [3.63, 3.8) is 0 Å². The van der Waals surface area contributed by atoms with E-state index in [1.54, 1.807) is 6.33 Å². The standard InChI is InChI=1S/C16H21FN4O2S/c1-2-20-12-18-19-16(20)11-13-7-9-21(10-8-13)24(22,23)15-5-3-14(17)4-6-15/h3-6,12-13H,2,7-11H2,1H3. The number of piperidine rings is 1. The molecule has 0 saturated carbocycles. The Labute approximate surface area is 141 Å². The lowest BCUT2D eigenvalue weighted by atomic mass is 9.94. The van der Waals surface area contributed by atoms with Crippen LogP contribution < -0.4 is 0 Å². The molecule has 1 fully saturated rings. The van der Waals surface area contributed by atoms with E-state index in [-0.39, 0.29) is 4.90 Å². The van der Waals surface area contributed by atoms with Gasteiger partial charge in [0.15, 0.2) is 0 Å². The van der Waals surface area contributed by atoms with E-state index in [1.807, 2.05) is 11.5 Å². The number of aromatic nitrogens is 3. The molecular formula is C16H21FN4O2S. The van der Waals surface area contributed by atoms with Crippen LogP contribution in [-0.4, -0.2) is 40.6 Å². The first-order chi connectivity index (χ1) is 11.5. The zero-order chi connectivity index (χ0) is 17.2. The maximum absolute atomic E-state index is 13.0. The minimum absolute atomic E-state index is 0.146. The summed E-state index contributed by atoms with van der Waals surface area (Å²) >= 11 is 0. The van der Waals surface area contributed by atoms with E-state index < -0.39 is 15.8 Å². The van der Waals surface area contributed by atoms with Crippen molar-refractivity contribution in [3.8, 4) is 0 Å². The Morgan fingerprint density at radius 3 is 2.50 bits per heavy atom. The molecule has 6 nitrogen and oxygen atoms in total. The molecule has 0 atom stereocenters. The minimum atomic E-state index is -3.54. The van der Waals surface area contributed by atoms with E-state index in [9.17, 15) is 12.8 Å². The maximum Gasteiger partial charge on any atom is 0.243 e. The Hall–Kier alpha value is -1.80. The van der Waals surface area contributed by atoms with Crippen LogP contribution in [0.5, 0.6) is 0 Å². The number of halogens is 1. The van der Waals surface area contributed by atoms with E-state index in [1.165, 1.54) is 28.6 Å². The molecule has 0 amide bonds. The fourth-order valence-corrected chi connectivity index (χ4v) is 4.54. The van der Waals surface area contributed by atoms with Gasteiger partial charge in [-0.1, -0.05) is 0 Å². The third-order valence-corrected chi connectivity index (χ3v) is 6.45. The number of hydrogen-bond acceptors (Lipinski definition) is 4. The first-order valence-electron chi connectivity index (χ1n) is 8.13. The van der Waals surface area contributed by atoms with Crippen molar-refractivity contribution in [3.05, 3.63) is 42.2 Å². The van der Waals surface area contributed by atoms with Gasteiger partial charge in [0, 0.05) is 26.1 Å². The number of aryl methyl sites for hydroxylation is 1. The molecule has 1 aromatic heterocycles. The average Bonchev–Trinajstić information content (AvgIpc) is 3.03. The summed E-state index contributed by atoms with van der Waals surface area (Å²) in [5.74, 6) is 0.921. The highest BCUT2D eigenvalue weighted by atomic mass is 32.2. The maximum atomic E-state index is 13.0. The van der Waals surface area contributed by atoms with Crippen molar-refractivity contribution in [1.82, 2.24) is 19.1 Å². The van der Waals surface area contributed by atoms with E-state index >= 15 is 0 Å². The van der Waals surface area contributed by atoms with Crippen LogP contribution in [0.3, 0.4) is 0 Å². The molecule has 1 aliphatic heterocycles. The Morgan fingerprint density at radius 1 is 1.21 bits per heavy atom. The Morgan fingerprint density at radius 2 is 1.88 bits per heavy atom. The smallest absolute Gasteiger partial charge is 0.243 e. The number of nitrogens with zero attached hydrogens (tertiary/aromatic N) is 4. The average molecular weight is 352 g/mol. The lowest BCUT2D eigenvalue weighted by Crippen LogP contribution is -2.39. The molecule has 1 aliphatic rings. The molecule has 0 radical (unpaired) electrons. The van der Waals surface area contributed by atoms with Crippen LogP contribution in [0, 0.1) is 11.7 Å². The fraction of sp³-hybridized carbons (Fsp3) is 0.500. The van der Waals surface area contributed by atoms with Crippen LogP contribution in [0.15, 0.2) is 35.5 Å². The third-order valence-electron chi connectivity index (χ3n) is 4.53. The Bertz CT molecular complexity index is 781. The summed E-state index contributed by atoms with van der Waals surface area (Å²) in [6.07, 6.45) is 4.12. The zero-order valence-electron chi connectivity index (χ0n) is 13.6. The van der Waals surface area contributed by atoms with Crippen molar-refractivity contribution in [1.29, 1.82) is 0 Å². The van der Waals surface area contributed by atoms with Gasteiger partial charge in [-0.2, -0.15) is 4.31 Å². The molecular weight excluding hydrogens is 331 g/mol. The monoisotopic (exact) mass is 352 g/mol. The van der Waals surface area contributed by atoms with Gasteiger partial charge in [0.25, 0.3) is 0 Å². The van der Waals surface area contributed by atoms with Crippen molar-refractivity contribution in [2.75, 3.05) is 13.1 Å². The summed E-state index contributed by atoms with van der Waals surface area (Å²) in [5, 5.41) is 8.09. The second-order valence-corrected chi connectivity index (χ2v) is 7.98. The van der Waals surface area contributed by atoms with Crippen LogP contribution in [0.25, 0.3) is 0 Å². The van der Waals surface area contributed by atoms with Crippen molar-refractivity contribution >= 4 is 10.0 Å². The molecule has 0 spiro atoms. The molecule has 0 aliphatic carbocycles. The summed E-state index contributed by atoms with van der Waals surface area (Å²) in [6, 6.07) is 5.00. The summed E-state index contributed by atoms with van der Waals surface area (Å²) in [6.45, 7) is 3.83. The molecule has 0 unspecified atom stereocenters. The van der Waals surface area contributed by atoms with Crippen LogP contribution in [0.2, 0.25) is 0 Å². The zero-order valence-corrected chi connectivity index (χ0v) is 14.4. The van der Waals surface area contributed by atoms with Crippen LogP contribution in [0.4, 0.5) is 4.39 Å². The van der Waals surface area contributed by atoms with Gasteiger partial charge in [-0.25, -0.2) is 12.8 Å². The summed E-state index contributed by atoms with van der Waals surface area (Å²) in [7, 11) is -3.54. The summed E-state index contributed by atoms with van der Waals surface area (Å²) in [4.78, 5) is 0.146. The van der Waals surface area contributed by atoms with Gasteiger partial charge in [-0.15, -0.1) is 10.2 Å². The summed E-state index contributed by atoms with van der Waals surface area (Å²) in [5.41, 5.74) is 0. The summed E-state index contributed by atoms with van der Waals surface area (Å²) < 4.78 is 41.7. The second-order valence-electron chi connectivity index (χ2n) is 6.04. The quantitative estimate of drug-likeness (QED) is 0.826. The van der Waals surface area contributed by atoms with E-state index in [4.69, 9.17) is 0 Å². The van der Waals surface area contributed by atoms with Crippen molar-refractivity contribution in [2.24, 2.45) is 5.92 Å². The molecule has 3 rings (SSSR count). The van der Waals surface area contributed by atoms with Gasteiger partial charge in [-0.05, 0) is 49.9 Å². The molecule has 8 heteroatoms. The van der Waals surface area contributed by atoms with Crippen LogP contribution >= 0.6 is 0 Å². The Balaban J connectivity index is 1.63. The molecule has 130 valence electrons. The minimum Gasteiger partial charge on any atom is -0.318 e. The first kappa shape index (κ1) is 17.0.